The van der Waals surface area contributed by atoms with Gasteiger partial charge in [-0.25, -0.2) is 4.98 Å². The van der Waals surface area contributed by atoms with E-state index in [2.05, 4.69) is 26.0 Å². The zero-order chi connectivity index (χ0) is 25.7. The van der Waals surface area contributed by atoms with Crippen LogP contribution in [0.3, 0.4) is 0 Å². The van der Waals surface area contributed by atoms with Crippen molar-refractivity contribution in [3.8, 4) is 11.5 Å². The SMILES string of the molecule is CCCc1nc2ccc(Br)cc2c(=O)n1N=Cc1cc(Cl)c(OCc2ccccc2Cl)c(OCC)c1. The average Bonchev–Trinajstić information content (AvgIpc) is 2.85. The first-order chi connectivity index (χ1) is 17.4. The standard InChI is InChI=1S/C27H24BrCl2N3O3/c1-3-7-25-32-23-11-10-19(28)14-20(23)27(34)33(25)31-15-17-12-22(30)26(24(13-17)35-4-2)36-16-18-8-5-6-9-21(18)29/h5-6,8-15H,3-4,7,16H2,1-2H3. The highest BCUT2D eigenvalue weighted by Crippen LogP contribution is 2.37. The molecule has 4 aromatic rings. The first-order valence-electron chi connectivity index (χ1n) is 11.5. The van der Waals surface area contributed by atoms with Crippen LogP contribution in [0.15, 0.2) is 69.0 Å². The van der Waals surface area contributed by atoms with Crippen molar-refractivity contribution >= 4 is 56.2 Å². The Hall–Kier alpha value is -2.87. The van der Waals surface area contributed by atoms with Crippen LogP contribution in [-0.4, -0.2) is 22.5 Å². The van der Waals surface area contributed by atoms with Crippen LogP contribution in [0.2, 0.25) is 10.0 Å². The molecule has 0 aliphatic carbocycles. The Kier molecular flexibility index (Phi) is 8.67. The second-order valence-corrected chi connectivity index (χ2v) is 9.67. The lowest BCUT2D eigenvalue weighted by Crippen LogP contribution is -2.22. The molecule has 36 heavy (non-hydrogen) atoms. The average molecular weight is 589 g/mol. The van der Waals surface area contributed by atoms with Crippen LogP contribution in [0.25, 0.3) is 10.9 Å². The number of fused-ring (bicyclic) bond motifs is 1. The summed E-state index contributed by atoms with van der Waals surface area (Å²) >= 11 is 16.3. The number of nitrogens with zero attached hydrogens (tertiary/aromatic N) is 3. The summed E-state index contributed by atoms with van der Waals surface area (Å²) in [6.45, 7) is 4.56. The fourth-order valence-electron chi connectivity index (χ4n) is 3.65. The molecule has 1 aromatic heterocycles. The largest absolute Gasteiger partial charge is 0.490 e. The minimum absolute atomic E-state index is 0.237. The molecule has 0 N–H and O–H groups in total. The van der Waals surface area contributed by atoms with Crippen molar-refractivity contribution in [1.82, 2.24) is 9.66 Å². The van der Waals surface area contributed by atoms with E-state index in [1.807, 2.05) is 44.2 Å². The van der Waals surface area contributed by atoms with Crippen LogP contribution < -0.4 is 15.0 Å². The molecule has 9 heteroatoms. The van der Waals surface area contributed by atoms with Crippen LogP contribution in [-0.2, 0) is 13.0 Å². The van der Waals surface area contributed by atoms with E-state index < -0.39 is 0 Å². The number of aryl methyl sites for hydroxylation is 1. The highest BCUT2D eigenvalue weighted by molar-refractivity contribution is 9.10. The summed E-state index contributed by atoms with van der Waals surface area (Å²) in [4.78, 5) is 17.9. The van der Waals surface area contributed by atoms with Crippen LogP contribution in [0.5, 0.6) is 11.5 Å². The lowest BCUT2D eigenvalue weighted by Gasteiger charge is -2.15. The van der Waals surface area contributed by atoms with E-state index in [1.165, 1.54) is 4.68 Å². The Labute approximate surface area is 227 Å². The van der Waals surface area contributed by atoms with Gasteiger partial charge < -0.3 is 9.47 Å². The molecule has 0 saturated carbocycles. The van der Waals surface area contributed by atoms with Gasteiger partial charge in [0.25, 0.3) is 5.56 Å². The number of aromatic nitrogens is 2. The molecule has 0 bridgehead atoms. The van der Waals surface area contributed by atoms with Gasteiger partial charge in [0, 0.05) is 21.5 Å². The maximum atomic E-state index is 13.2. The number of rotatable bonds is 9. The summed E-state index contributed by atoms with van der Waals surface area (Å²) < 4.78 is 13.9. The zero-order valence-electron chi connectivity index (χ0n) is 19.8. The second kappa shape index (κ2) is 11.9. The lowest BCUT2D eigenvalue weighted by atomic mass is 10.2. The van der Waals surface area contributed by atoms with Gasteiger partial charge in [0.1, 0.15) is 12.4 Å². The quantitative estimate of drug-likeness (QED) is 0.193. The van der Waals surface area contributed by atoms with Crippen LogP contribution in [0.1, 0.15) is 37.2 Å². The first-order valence-corrected chi connectivity index (χ1v) is 13.0. The number of hydrogen-bond donors (Lipinski definition) is 0. The molecule has 0 aliphatic heterocycles. The highest BCUT2D eigenvalue weighted by atomic mass is 79.9. The van der Waals surface area contributed by atoms with E-state index in [0.717, 1.165) is 16.5 Å². The summed E-state index contributed by atoms with van der Waals surface area (Å²) in [5.41, 5.74) is 1.88. The number of ether oxygens (including phenoxy) is 2. The molecular weight excluding hydrogens is 565 g/mol. The Morgan fingerprint density at radius 3 is 2.61 bits per heavy atom. The number of hydrogen-bond acceptors (Lipinski definition) is 5. The maximum absolute atomic E-state index is 13.2. The molecule has 0 spiro atoms. The van der Waals surface area contributed by atoms with E-state index in [4.69, 9.17) is 32.7 Å². The summed E-state index contributed by atoms with van der Waals surface area (Å²) in [6, 6.07) is 16.4. The van der Waals surface area contributed by atoms with E-state index >= 15 is 0 Å². The molecule has 0 amide bonds. The third kappa shape index (κ3) is 5.91. The number of benzene rings is 3. The molecule has 0 aliphatic rings. The first kappa shape index (κ1) is 26.2. The van der Waals surface area contributed by atoms with E-state index in [9.17, 15) is 4.79 Å². The second-order valence-electron chi connectivity index (χ2n) is 7.94. The fraction of sp³-hybridized carbons (Fsp3) is 0.222. The van der Waals surface area contributed by atoms with Gasteiger partial charge in [-0.1, -0.05) is 64.3 Å². The predicted molar refractivity (Wildman–Crippen MR) is 149 cm³/mol. The Morgan fingerprint density at radius 2 is 1.86 bits per heavy atom. The monoisotopic (exact) mass is 587 g/mol. The predicted octanol–water partition coefficient (Wildman–Crippen LogP) is 7.28. The normalized spacial score (nSPS) is 11.4. The summed E-state index contributed by atoms with van der Waals surface area (Å²) in [6.07, 6.45) is 3.00. The topological polar surface area (TPSA) is 65.7 Å². The zero-order valence-corrected chi connectivity index (χ0v) is 22.9. The van der Waals surface area contributed by atoms with Crippen molar-refractivity contribution in [2.75, 3.05) is 6.61 Å². The fourth-order valence-corrected chi connectivity index (χ4v) is 4.48. The molecule has 0 saturated heterocycles. The molecular formula is C27H24BrCl2N3O3. The van der Waals surface area contributed by atoms with Crippen molar-refractivity contribution in [2.45, 2.75) is 33.3 Å². The molecule has 0 unspecified atom stereocenters. The summed E-state index contributed by atoms with van der Waals surface area (Å²) in [5.74, 6) is 1.47. The minimum atomic E-state index is -0.239. The van der Waals surface area contributed by atoms with E-state index in [0.29, 0.717) is 56.9 Å². The minimum Gasteiger partial charge on any atom is -0.490 e. The molecule has 6 nitrogen and oxygen atoms in total. The van der Waals surface area contributed by atoms with Crippen molar-refractivity contribution < 1.29 is 9.47 Å². The third-order valence-electron chi connectivity index (χ3n) is 5.33. The molecule has 0 fully saturated rings. The van der Waals surface area contributed by atoms with Gasteiger partial charge in [0.2, 0.25) is 0 Å². The molecule has 4 rings (SSSR count). The molecule has 0 radical (unpaired) electrons. The molecule has 3 aromatic carbocycles. The summed E-state index contributed by atoms with van der Waals surface area (Å²) in [7, 11) is 0. The molecule has 1 heterocycles. The van der Waals surface area contributed by atoms with Gasteiger partial charge in [-0.05, 0) is 55.3 Å². The van der Waals surface area contributed by atoms with Crippen molar-refractivity contribution in [2.24, 2.45) is 5.10 Å². The van der Waals surface area contributed by atoms with Crippen molar-refractivity contribution in [3.63, 3.8) is 0 Å². The van der Waals surface area contributed by atoms with E-state index in [1.54, 1.807) is 30.5 Å². The van der Waals surface area contributed by atoms with Crippen molar-refractivity contribution in [1.29, 1.82) is 0 Å². The van der Waals surface area contributed by atoms with E-state index in [-0.39, 0.29) is 12.2 Å². The van der Waals surface area contributed by atoms with Crippen LogP contribution in [0.4, 0.5) is 0 Å². The Balaban J connectivity index is 1.70. The molecule has 0 atom stereocenters. The van der Waals surface area contributed by atoms with Crippen LogP contribution >= 0.6 is 39.1 Å². The van der Waals surface area contributed by atoms with Gasteiger partial charge in [0.15, 0.2) is 11.5 Å². The van der Waals surface area contributed by atoms with Crippen molar-refractivity contribution in [3.05, 3.63) is 96.4 Å². The van der Waals surface area contributed by atoms with Crippen LogP contribution in [0, 0.1) is 0 Å². The molecule has 186 valence electrons. The third-order valence-corrected chi connectivity index (χ3v) is 6.48. The van der Waals surface area contributed by atoms with Gasteiger partial charge in [-0.15, -0.1) is 0 Å². The Morgan fingerprint density at radius 1 is 1.06 bits per heavy atom. The smallest absolute Gasteiger partial charge is 0.282 e. The van der Waals surface area contributed by atoms with Gasteiger partial charge in [-0.2, -0.15) is 9.78 Å². The van der Waals surface area contributed by atoms with Gasteiger partial charge in [0.05, 0.1) is 28.7 Å². The maximum Gasteiger partial charge on any atom is 0.282 e. The number of halogens is 3. The van der Waals surface area contributed by atoms with Gasteiger partial charge in [-0.3, -0.25) is 4.79 Å². The Bertz CT molecular complexity index is 1490. The summed E-state index contributed by atoms with van der Waals surface area (Å²) in [5, 5.41) is 5.93. The lowest BCUT2D eigenvalue weighted by molar-refractivity contribution is 0.269. The highest BCUT2D eigenvalue weighted by Gasteiger charge is 2.14. The van der Waals surface area contributed by atoms with Gasteiger partial charge >= 0.3 is 0 Å².